The zero-order chi connectivity index (χ0) is 20.5. The summed E-state index contributed by atoms with van der Waals surface area (Å²) in [6.45, 7) is 4.98. The standard InChI is InChI=1S/C20H25N5O4.2CH4/c1-12-8-17(29-11-12)19(26)24-4-6-25(7-5-24)20-22-14-10-16(28-3)15(27-2)9-13(14)18(21)23-20;;/h8-10,12H,4-7,11H2,1-3H3,(H2,21,22,23);2*1H4. The van der Waals surface area contributed by atoms with Crippen molar-refractivity contribution in [3.05, 3.63) is 24.0 Å². The zero-order valence-electron chi connectivity index (χ0n) is 16.8. The van der Waals surface area contributed by atoms with Gasteiger partial charge in [0.25, 0.3) is 5.91 Å². The van der Waals surface area contributed by atoms with Crippen LogP contribution in [0, 0.1) is 5.92 Å². The van der Waals surface area contributed by atoms with Crippen LogP contribution in [0.25, 0.3) is 10.9 Å². The second kappa shape index (κ2) is 9.72. The van der Waals surface area contributed by atoms with Gasteiger partial charge in [-0.15, -0.1) is 0 Å². The molecule has 1 aromatic carbocycles. The third kappa shape index (κ3) is 4.60. The molecule has 0 saturated carbocycles. The fourth-order valence-corrected chi connectivity index (χ4v) is 3.58. The van der Waals surface area contributed by atoms with Crippen LogP contribution in [0.1, 0.15) is 21.8 Å². The number of carbonyl (C=O) groups is 1. The quantitative estimate of drug-likeness (QED) is 0.788. The van der Waals surface area contributed by atoms with Crippen molar-refractivity contribution in [3.63, 3.8) is 0 Å². The van der Waals surface area contributed by atoms with Crippen molar-refractivity contribution in [1.82, 2.24) is 14.9 Å². The van der Waals surface area contributed by atoms with Crippen molar-refractivity contribution < 1.29 is 19.0 Å². The molecule has 9 heteroatoms. The van der Waals surface area contributed by atoms with E-state index in [0.717, 1.165) is 0 Å². The van der Waals surface area contributed by atoms with Crippen molar-refractivity contribution >= 4 is 28.6 Å². The molecule has 0 radical (unpaired) electrons. The van der Waals surface area contributed by atoms with Crippen LogP contribution in [-0.2, 0) is 9.53 Å². The van der Waals surface area contributed by atoms with Crippen LogP contribution in [0.5, 0.6) is 11.5 Å². The largest absolute Gasteiger partial charge is 0.493 e. The van der Waals surface area contributed by atoms with E-state index in [1.54, 1.807) is 31.3 Å². The number of anilines is 2. The van der Waals surface area contributed by atoms with E-state index in [2.05, 4.69) is 9.97 Å². The Labute approximate surface area is 183 Å². The Hall–Kier alpha value is -3.23. The number of amides is 1. The summed E-state index contributed by atoms with van der Waals surface area (Å²) in [4.78, 5) is 25.6. The Bertz CT molecular complexity index is 970. The van der Waals surface area contributed by atoms with E-state index in [1.807, 2.05) is 17.9 Å². The summed E-state index contributed by atoms with van der Waals surface area (Å²) >= 11 is 0. The molecule has 1 unspecified atom stereocenters. The summed E-state index contributed by atoms with van der Waals surface area (Å²) in [7, 11) is 3.15. The topological polar surface area (TPSA) is 103 Å². The van der Waals surface area contributed by atoms with Crippen LogP contribution in [0.4, 0.5) is 11.8 Å². The van der Waals surface area contributed by atoms with Crippen LogP contribution in [0.2, 0.25) is 0 Å². The molecule has 0 bridgehead atoms. The SMILES string of the molecule is C.C.COc1cc2nc(N3CCN(C(=O)C4=CC(C)CO4)CC3)nc(N)c2cc1OC. The molecule has 1 atom stereocenters. The molecule has 2 aliphatic rings. The number of aromatic nitrogens is 2. The van der Waals surface area contributed by atoms with Crippen molar-refractivity contribution in [3.8, 4) is 11.5 Å². The summed E-state index contributed by atoms with van der Waals surface area (Å²) in [5.41, 5.74) is 6.87. The molecular formula is C22H33N5O4. The smallest absolute Gasteiger partial charge is 0.288 e. The lowest BCUT2D eigenvalue weighted by Gasteiger charge is -2.34. The first-order valence-corrected chi connectivity index (χ1v) is 9.58. The Balaban J connectivity index is 0.00000171. The lowest BCUT2D eigenvalue weighted by atomic mass is 10.2. The zero-order valence-corrected chi connectivity index (χ0v) is 16.8. The van der Waals surface area contributed by atoms with Gasteiger partial charge in [0.15, 0.2) is 17.3 Å². The number of hydrogen-bond donors (Lipinski definition) is 1. The Morgan fingerprint density at radius 1 is 1.10 bits per heavy atom. The predicted octanol–water partition coefficient (Wildman–Crippen LogP) is 2.70. The van der Waals surface area contributed by atoms with Crippen LogP contribution >= 0.6 is 0 Å². The molecule has 31 heavy (non-hydrogen) atoms. The van der Waals surface area contributed by atoms with Crippen molar-refractivity contribution in [2.24, 2.45) is 5.92 Å². The molecule has 0 spiro atoms. The van der Waals surface area contributed by atoms with E-state index in [4.69, 9.17) is 19.9 Å². The molecule has 2 aromatic rings. The van der Waals surface area contributed by atoms with E-state index in [1.165, 1.54) is 0 Å². The molecule has 0 aliphatic carbocycles. The highest BCUT2D eigenvalue weighted by Crippen LogP contribution is 2.34. The number of hydrogen-bond acceptors (Lipinski definition) is 8. The van der Waals surface area contributed by atoms with Crippen molar-refractivity contribution in [2.75, 3.05) is 57.6 Å². The summed E-state index contributed by atoms with van der Waals surface area (Å²) < 4.78 is 16.2. The molecule has 170 valence electrons. The van der Waals surface area contributed by atoms with Gasteiger partial charge in [-0.25, -0.2) is 4.98 Å². The van der Waals surface area contributed by atoms with Crippen LogP contribution in [0.15, 0.2) is 24.0 Å². The van der Waals surface area contributed by atoms with E-state index in [-0.39, 0.29) is 26.7 Å². The number of piperazine rings is 1. The molecule has 2 aliphatic heterocycles. The van der Waals surface area contributed by atoms with Crippen molar-refractivity contribution in [2.45, 2.75) is 21.8 Å². The molecule has 4 rings (SSSR count). The van der Waals surface area contributed by atoms with Gasteiger partial charge in [0, 0.05) is 43.5 Å². The minimum atomic E-state index is -0.0511. The minimum Gasteiger partial charge on any atom is -0.493 e. The average Bonchev–Trinajstić information content (AvgIpc) is 3.18. The number of methoxy groups -OCH3 is 2. The summed E-state index contributed by atoms with van der Waals surface area (Å²) in [5, 5.41) is 0.708. The van der Waals surface area contributed by atoms with E-state index in [9.17, 15) is 4.79 Å². The Morgan fingerprint density at radius 3 is 2.32 bits per heavy atom. The number of nitrogens with two attached hydrogens (primary N) is 1. The van der Waals surface area contributed by atoms with Crippen LogP contribution in [0.3, 0.4) is 0 Å². The average molecular weight is 432 g/mol. The monoisotopic (exact) mass is 431 g/mol. The summed E-state index contributed by atoms with van der Waals surface area (Å²) in [5.74, 6) is 2.76. The third-order valence-corrected chi connectivity index (χ3v) is 5.22. The number of ether oxygens (including phenoxy) is 3. The lowest BCUT2D eigenvalue weighted by molar-refractivity contribution is -0.130. The minimum absolute atomic E-state index is 0. The van der Waals surface area contributed by atoms with Gasteiger partial charge < -0.3 is 29.7 Å². The third-order valence-electron chi connectivity index (χ3n) is 5.22. The highest BCUT2D eigenvalue weighted by atomic mass is 16.5. The summed E-state index contributed by atoms with van der Waals surface area (Å²) in [6, 6.07) is 3.57. The fraction of sp³-hybridized carbons (Fsp3) is 0.500. The maximum absolute atomic E-state index is 12.6. The Kier molecular flexibility index (Phi) is 7.54. The molecule has 2 N–H and O–H groups in total. The molecular weight excluding hydrogens is 398 g/mol. The highest BCUT2D eigenvalue weighted by Gasteiger charge is 2.28. The predicted molar refractivity (Wildman–Crippen MR) is 123 cm³/mol. The number of nitrogen functional groups attached to an aromatic ring is 1. The molecule has 1 amide bonds. The van der Waals surface area contributed by atoms with Crippen LogP contribution in [-0.4, -0.2) is 67.8 Å². The van der Waals surface area contributed by atoms with E-state index in [0.29, 0.717) is 72.7 Å². The first-order valence-electron chi connectivity index (χ1n) is 9.58. The lowest BCUT2D eigenvalue weighted by Crippen LogP contribution is -2.49. The fourth-order valence-electron chi connectivity index (χ4n) is 3.58. The number of carbonyl (C=O) groups excluding carboxylic acids is 1. The molecule has 1 saturated heterocycles. The second-order valence-electron chi connectivity index (χ2n) is 7.23. The highest BCUT2D eigenvalue weighted by molar-refractivity contribution is 5.92. The molecule has 3 heterocycles. The molecule has 1 fully saturated rings. The first kappa shape index (κ1) is 24.0. The Morgan fingerprint density at radius 2 is 1.74 bits per heavy atom. The van der Waals surface area contributed by atoms with Gasteiger partial charge in [-0.3, -0.25) is 4.79 Å². The van der Waals surface area contributed by atoms with Gasteiger partial charge in [-0.05, 0) is 12.1 Å². The number of benzene rings is 1. The van der Waals surface area contributed by atoms with E-state index < -0.39 is 0 Å². The van der Waals surface area contributed by atoms with Gasteiger partial charge in [0.2, 0.25) is 5.95 Å². The molecule has 9 nitrogen and oxygen atoms in total. The normalized spacial score (nSPS) is 17.9. The van der Waals surface area contributed by atoms with Crippen LogP contribution < -0.4 is 20.1 Å². The number of rotatable bonds is 4. The van der Waals surface area contributed by atoms with Gasteiger partial charge in [-0.1, -0.05) is 21.8 Å². The summed E-state index contributed by atoms with van der Waals surface area (Å²) in [6.07, 6.45) is 1.89. The van der Waals surface area contributed by atoms with Gasteiger partial charge in [0.05, 0.1) is 26.3 Å². The number of nitrogens with zero attached hydrogens (tertiary/aromatic N) is 4. The van der Waals surface area contributed by atoms with Crippen molar-refractivity contribution in [1.29, 1.82) is 0 Å². The van der Waals surface area contributed by atoms with E-state index >= 15 is 0 Å². The van der Waals surface area contributed by atoms with Gasteiger partial charge >= 0.3 is 0 Å². The first-order chi connectivity index (χ1) is 14.0. The second-order valence-corrected chi connectivity index (χ2v) is 7.23. The maximum atomic E-state index is 12.6. The van der Waals surface area contributed by atoms with Gasteiger partial charge in [0.1, 0.15) is 5.82 Å². The maximum Gasteiger partial charge on any atom is 0.288 e. The molecule has 1 aromatic heterocycles. The van der Waals surface area contributed by atoms with Gasteiger partial charge in [-0.2, -0.15) is 4.98 Å². The number of fused-ring (bicyclic) bond motifs is 1.